The van der Waals surface area contributed by atoms with E-state index in [1.807, 2.05) is 12.1 Å². The number of aliphatic hydroxyl groups is 1. The third kappa shape index (κ3) is 3.31. The highest BCUT2D eigenvalue weighted by Crippen LogP contribution is 2.34. The molecule has 0 saturated carbocycles. The standard InChI is InChI=1S/C18H15BrOS/c1-12(20)17-9-8-16(11-18(17)19)21-15-7-6-13-4-2-3-5-14(13)10-15/h2-12,20H,1H3. The van der Waals surface area contributed by atoms with E-state index in [9.17, 15) is 5.11 Å². The maximum Gasteiger partial charge on any atom is 0.0772 e. The van der Waals surface area contributed by atoms with Crippen molar-refractivity contribution in [3.05, 3.63) is 70.7 Å². The van der Waals surface area contributed by atoms with Crippen LogP contribution in [0.3, 0.4) is 0 Å². The molecule has 1 unspecified atom stereocenters. The topological polar surface area (TPSA) is 20.2 Å². The van der Waals surface area contributed by atoms with Crippen LogP contribution in [0.2, 0.25) is 0 Å². The summed E-state index contributed by atoms with van der Waals surface area (Å²) in [6, 6.07) is 20.9. The minimum absolute atomic E-state index is 0.459. The van der Waals surface area contributed by atoms with Crippen molar-refractivity contribution in [3.63, 3.8) is 0 Å². The van der Waals surface area contributed by atoms with Crippen LogP contribution in [0.1, 0.15) is 18.6 Å². The van der Waals surface area contributed by atoms with Crippen LogP contribution in [-0.4, -0.2) is 5.11 Å². The Morgan fingerprint density at radius 1 is 0.905 bits per heavy atom. The molecule has 106 valence electrons. The predicted molar refractivity (Wildman–Crippen MR) is 92.8 cm³/mol. The first kappa shape index (κ1) is 14.6. The predicted octanol–water partition coefficient (Wildman–Crippen LogP) is 5.81. The summed E-state index contributed by atoms with van der Waals surface area (Å²) in [5.74, 6) is 0. The van der Waals surface area contributed by atoms with Crippen molar-refractivity contribution in [1.82, 2.24) is 0 Å². The van der Waals surface area contributed by atoms with Gasteiger partial charge in [-0.25, -0.2) is 0 Å². The highest BCUT2D eigenvalue weighted by Gasteiger charge is 2.07. The second-order valence-electron chi connectivity index (χ2n) is 4.97. The van der Waals surface area contributed by atoms with Crippen molar-refractivity contribution in [2.45, 2.75) is 22.8 Å². The summed E-state index contributed by atoms with van der Waals surface area (Å²) in [5.41, 5.74) is 0.915. The molecule has 0 aliphatic carbocycles. The van der Waals surface area contributed by atoms with Gasteiger partial charge in [-0.2, -0.15) is 0 Å². The van der Waals surface area contributed by atoms with Crippen molar-refractivity contribution in [2.24, 2.45) is 0 Å². The first-order chi connectivity index (χ1) is 10.1. The lowest BCUT2D eigenvalue weighted by Crippen LogP contribution is -1.92. The number of rotatable bonds is 3. The van der Waals surface area contributed by atoms with Crippen molar-refractivity contribution in [3.8, 4) is 0 Å². The lowest BCUT2D eigenvalue weighted by atomic mass is 10.1. The molecule has 0 aliphatic heterocycles. The van der Waals surface area contributed by atoms with Gasteiger partial charge in [0.15, 0.2) is 0 Å². The molecule has 0 amide bonds. The van der Waals surface area contributed by atoms with Crippen LogP contribution < -0.4 is 0 Å². The molecule has 1 N–H and O–H groups in total. The Bertz CT molecular complexity index is 783. The van der Waals surface area contributed by atoms with E-state index in [1.54, 1.807) is 18.7 Å². The average molecular weight is 359 g/mol. The van der Waals surface area contributed by atoms with Crippen LogP contribution in [0, 0.1) is 0 Å². The Morgan fingerprint density at radius 2 is 1.57 bits per heavy atom. The largest absolute Gasteiger partial charge is 0.389 e. The number of halogens is 1. The van der Waals surface area contributed by atoms with Gasteiger partial charge in [0.1, 0.15) is 0 Å². The number of fused-ring (bicyclic) bond motifs is 1. The van der Waals surface area contributed by atoms with E-state index < -0.39 is 6.10 Å². The van der Waals surface area contributed by atoms with E-state index >= 15 is 0 Å². The zero-order valence-corrected chi connectivity index (χ0v) is 14.0. The monoisotopic (exact) mass is 358 g/mol. The molecule has 0 fully saturated rings. The molecule has 21 heavy (non-hydrogen) atoms. The highest BCUT2D eigenvalue weighted by molar-refractivity contribution is 9.10. The van der Waals surface area contributed by atoms with Crippen molar-refractivity contribution >= 4 is 38.5 Å². The fraction of sp³-hybridized carbons (Fsp3) is 0.111. The number of hydrogen-bond donors (Lipinski definition) is 1. The Morgan fingerprint density at radius 3 is 2.29 bits per heavy atom. The minimum Gasteiger partial charge on any atom is -0.389 e. The van der Waals surface area contributed by atoms with Gasteiger partial charge in [-0.1, -0.05) is 64.1 Å². The zero-order valence-electron chi connectivity index (χ0n) is 11.6. The molecule has 3 rings (SSSR count). The first-order valence-corrected chi connectivity index (χ1v) is 8.38. The summed E-state index contributed by atoms with van der Waals surface area (Å²) in [7, 11) is 0. The van der Waals surface area contributed by atoms with Crippen LogP contribution in [0.5, 0.6) is 0 Å². The molecule has 0 radical (unpaired) electrons. The Balaban J connectivity index is 1.89. The van der Waals surface area contributed by atoms with Gasteiger partial charge in [0.2, 0.25) is 0 Å². The summed E-state index contributed by atoms with van der Waals surface area (Å²) >= 11 is 5.25. The van der Waals surface area contributed by atoms with Gasteiger partial charge in [0.05, 0.1) is 6.10 Å². The maximum absolute atomic E-state index is 9.67. The lowest BCUT2D eigenvalue weighted by molar-refractivity contribution is 0.198. The van der Waals surface area contributed by atoms with Crippen LogP contribution in [-0.2, 0) is 0 Å². The van der Waals surface area contributed by atoms with E-state index in [-0.39, 0.29) is 0 Å². The number of aliphatic hydroxyl groups excluding tert-OH is 1. The van der Waals surface area contributed by atoms with E-state index in [4.69, 9.17) is 0 Å². The van der Waals surface area contributed by atoms with Crippen LogP contribution in [0.15, 0.2) is 74.9 Å². The van der Waals surface area contributed by atoms with Crippen molar-refractivity contribution < 1.29 is 5.11 Å². The van der Waals surface area contributed by atoms with E-state index in [1.165, 1.54) is 15.7 Å². The van der Waals surface area contributed by atoms with Gasteiger partial charge in [-0.3, -0.25) is 0 Å². The Labute approximate surface area is 137 Å². The van der Waals surface area contributed by atoms with Crippen molar-refractivity contribution in [2.75, 3.05) is 0 Å². The number of hydrogen-bond acceptors (Lipinski definition) is 2. The molecule has 0 saturated heterocycles. The minimum atomic E-state index is -0.459. The molecule has 0 heterocycles. The quantitative estimate of drug-likeness (QED) is 0.637. The zero-order chi connectivity index (χ0) is 14.8. The molecule has 0 aliphatic rings. The summed E-state index contributed by atoms with van der Waals surface area (Å²) in [6.07, 6.45) is -0.459. The van der Waals surface area contributed by atoms with Gasteiger partial charge in [0, 0.05) is 14.3 Å². The maximum atomic E-state index is 9.67. The van der Waals surface area contributed by atoms with Crippen molar-refractivity contribution in [1.29, 1.82) is 0 Å². The van der Waals surface area contributed by atoms with Gasteiger partial charge < -0.3 is 5.11 Å². The van der Waals surface area contributed by atoms with Gasteiger partial charge in [-0.05, 0) is 47.5 Å². The molecule has 3 aromatic carbocycles. The van der Waals surface area contributed by atoms with E-state index in [2.05, 4.69) is 64.5 Å². The smallest absolute Gasteiger partial charge is 0.0772 e. The SMILES string of the molecule is CC(O)c1ccc(Sc2ccc3ccccc3c2)cc1Br. The fourth-order valence-electron chi connectivity index (χ4n) is 2.28. The van der Waals surface area contributed by atoms with Gasteiger partial charge in [-0.15, -0.1) is 0 Å². The molecule has 1 nitrogen and oxygen atoms in total. The molecule has 3 aromatic rings. The third-order valence-electron chi connectivity index (χ3n) is 3.38. The average Bonchev–Trinajstić information content (AvgIpc) is 2.47. The molecule has 0 bridgehead atoms. The molecule has 0 spiro atoms. The van der Waals surface area contributed by atoms with Crippen LogP contribution in [0.4, 0.5) is 0 Å². The van der Waals surface area contributed by atoms with E-state index in [0.717, 1.165) is 14.9 Å². The van der Waals surface area contributed by atoms with Gasteiger partial charge in [0.25, 0.3) is 0 Å². The number of benzene rings is 3. The summed E-state index contributed by atoms with van der Waals surface area (Å²) < 4.78 is 0.947. The molecule has 1 atom stereocenters. The molecular weight excluding hydrogens is 344 g/mol. The van der Waals surface area contributed by atoms with Crippen LogP contribution >= 0.6 is 27.7 Å². The van der Waals surface area contributed by atoms with E-state index in [0.29, 0.717) is 0 Å². The third-order valence-corrected chi connectivity index (χ3v) is 5.04. The fourth-order valence-corrected chi connectivity index (χ4v) is 4.05. The van der Waals surface area contributed by atoms with Gasteiger partial charge >= 0.3 is 0 Å². The second kappa shape index (κ2) is 6.22. The normalized spacial score (nSPS) is 12.5. The van der Waals surface area contributed by atoms with Crippen LogP contribution in [0.25, 0.3) is 10.8 Å². The molecule has 0 aromatic heterocycles. The summed E-state index contributed by atoms with van der Waals surface area (Å²) in [5, 5.41) is 12.2. The lowest BCUT2D eigenvalue weighted by Gasteiger charge is -2.10. The molecule has 3 heteroatoms. The Kier molecular flexibility index (Phi) is 4.34. The summed E-state index contributed by atoms with van der Waals surface area (Å²) in [6.45, 7) is 1.77. The second-order valence-corrected chi connectivity index (χ2v) is 6.97. The Hall–Kier alpha value is -1.29. The first-order valence-electron chi connectivity index (χ1n) is 6.77. The highest BCUT2D eigenvalue weighted by atomic mass is 79.9. The molecular formula is C18H15BrOS. The summed E-state index contributed by atoms with van der Waals surface area (Å²) in [4.78, 5) is 2.37.